The number of ether oxygens (including phenoxy) is 1. The summed E-state index contributed by atoms with van der Waals surface area (Å²) in [5, 5.41) is 6.59. The minimum absolute atomic E-state index is 0.256. The van der Waals surface area contributed by atoms with Crippen molar-refractivity contribution in [2.45, 2.75) is 12.5 Å². The van der Waals surface area contributed by atoms with E-state index in [9.17, 15) is 0 Å². The van der Waals surface area contributed by atoms with Gasteiger partial charge in [-0.15, -0.1) is 0 Å². The molecule has 2 aromatic rings. The van der Waals surface area contributed by atoms with Gasteiger partial charge in [0.15, 0.2) is 0 Å². The van der Waals surface area contributed by atoms with Gasteiger partial charge in [0.1, 0.15) is 17.9 Å². The molecule has 3 rings (SSSR count). The molecule has 1 atom stereocenters. The lowest BCUT2D eigenvalue weighted by atomic mass is 10.0. The van der Waals surface area contributed by atoms with Crippen LogP contribution in [-0.2, 0) is 6.42 Å². The van der Waals surface area contributed by atoms with E-state index in [4.69, 9.17) is 10.5 Å². The number of H-pyrrole nitrogens is 1. The van der Waals surface area contributed by atoms with Gasteiger partial charge in [0.25, 0.3) is 0 Å². The molecule has 0 bridgehead atoms. The zero-order valence-corrected chi connectivity index (χ0v) is 8.68. The number of rotatable bonds is 2. The second-order valence-corrected chi connectivity index (χ2v) is 3.81. The zero-order valence-electron chi connectivity index (χ0n) is 8.68. The van der Waals surface area contributed by atoms with Gasteiger partial charge in [-0.05, 0) is 23.3 Å². The monoisotopic (exact) mass is 216 g/mol. The van der Waals surface area contributed by atoms with Gasteiger partial charge in [-0.25, -0.2) is 4.98 Å². The molecule has 1 aromatic heterocycles. The summed E-state index contributed by atoms with van der Waals surface area (Å²) in [5.41, 5.74) is 8.32. The van der Waals surface area contributed by atoms with E-state index in [0.29, 0.717) is 5.82 Å². The fourth-order valence-corrected chi connectivity index (χ4v) is 1.92. The van der Waals surface area contributed by atoms with E-state index in [-0.39, 0.29) is 6.04 Å². The van der Waals surface area contributed by atoms with E-state index in [1.807, 2.05) is 12.1 Å². The molecule has 5 nitrogen and oxygen atoms in total. The van der Waals surface area contributed by atoms with E-state index in [0.717, 1.165) is 24.3 Å². The van der Waals surface area contributed by atoms with Crippen molar-refractivity contribution in [1.29, 1.82) is 0 Å². The molecule has 1 aliphatic heterocycles. The highest BCUT2D eigenvalue weighted by Crippen LogP contribution is 2.28. The van der Waals surface area contributed by atoms with Gasteiger partial charge in [0, 0.05) is 6.42 Å². The van der Waals surface area contributed by atoms with Crippen LogP contribution in [0.2, 0.25) is 0 Å². The van der Waals surface area contributed by atoms with Gasteiger partial charge in [-0.3, -0.25) is 5.10 Å². The Balaban J connectivity index is 1.95. The molecular weight excluding hydrogens is 204 g/mol. The van der Waals surface area contributed by atoms with Gasteiger partial charge in [0.2, 0.25) is 0 Å². The molecule has 5 heteroatoms. The maximum atomic E-state index is 6.08. The minimum atomic E-state index is -0.256. The van der Waals surface area contributed by atoms with Crippen LogP contribution >= 0.6 is 0 Å². The maximum absolute atomic E-state index is 6.08. The highest BCUT2D eigenvalue weighted by molar-refractivity contribution is 5.41. The lowest BCUT2D eigenvalue weighted by molar-refractivity contribution is 0.357. The Hall–Kier alpha value is -1.88. The zero-order chi connectivity index (χ0) is 11.0. The van der Waals surface area contributed by atoms with Crippen molar-refractivity contribution in [3.8, 4) is 5.75 Å². The van der Waals surface area contributed by atoms with Crippen LogP contribution in [0.5, 0.6) is 5.75 Å². The highest BCUT2D eigenvalue weighted by Gasteiger charge is 2.16. The summed E-state index contributed by atoms with van der Waals surface area (Å²) >= 11 is 0. The van der Waals surface area contributed by atoms with Crippen LogP contribution in [0.3, 0.4) is 0 Å². The lowest BCUT2D eigenvalue weighted by Gasteiger charge is -2.09. The second-order valence-electron chi connectivity index (χ2n) is 3.81. The first-order chi connectivity index (χ1) is 7.84. The van der Waals surface area contributed by atoms with E-state index in [1.165, 1.54) is 11.9 Å². The van der Waals surface area contributed by atoms with Crippen LogP contribution in [0.15, 0.2) is 24.5 Å². The van der Waals surface area contributed by atoms with Crippen LogP contribution in [0.4, 0.5) is 0 Å². The average Bonchev–Trinajstić information content (AvgIpc) is 2.98. The summed E-state index contributed by atoms with van der Waals surface area (Å²) in [7, 11) is 0. The number of hydrogen-bond donors (Lipinski definition) is 2. The Labute approximate surface area is 92.6 Å². The van der Waals surface area contributed by atoms with Crippen molar-refractivity contribution in [1.82, 2.24) is 15.2 Å². The third kappa shape index (κ3) is 1.45. The smallest absolute Gasteiger partial charge is 0.145 e. The van der Waals surface area contributed by atoms with E-state index < -0.39 is 0 Å². The lowest BCUT2D eigenvalue weighted by Crippen LogP contribution is -2.13. The molecule has 1 unspecified atom stereocenters. The fourth-order valence-electron chi connectivity index (χ4n) is 1.92. The molecule has 3 N–H and O–H groups in total. The molecule has 16 heavy (non-hydrogen) atoms. The van der Waals surface area contributed by atoms with Gasteiger partial charge in [-0.1, -0.05) is 6.07 Å². The summed E-state index contributed by atoms with van der Waals surface area (Å²) < 4.78 is 5.45. The Bertz CT molecular complexity index is 495. The third-order valence-electron chi connectivity index (χ3n) is 2.80. The van der Waals surface area contributed by atoms with E-state index >= 15 is 0 Å². The molecule has 0 aliphatic carbocycles. The number of nitrogens with zero attached hydrogens (tertiary/aromatic N) is 2. The van der Waals surface area contributed by atoms with Gasteiger partial charge >= 0.3 is 0 Å². The second kappa shape index (κ2) is 3.61. The van der Waals surface area contributed by atoms with E-state index in [1.54, 1.807) is 0 Å². The van der Waals surface area contributed by atoms with Crippen molar-refractivity contribution < 1.29 is 4.74 Å². The molecule has 2 heterocycles. The number of nitrogens with one attached hydrogen (secondary N) is 1. The molecular formula is C11H12N4O. The quantitative estimate of drug-likeness (QED) is 0.778. The van der Waals surface area contributed by atoms with Gasteiger partial charge in [0.05, 0.1) is 12.6 Å². The van der Waals surface area contributed by atoms with Crippen LogP contribution in [0.1, 0.15) is 23.0 Å². The predicted octanol–water partition coefficient (Wildman–Crippen LogP) is 0.788. The highest BCUT2D eigenvalue weighted by atomic mass is 16.5. The topological polar surface area (TPSA) is 76.8 Å². The molecule has 1 aliphatic rings. The van der Waals surface area contributed by atoms with Gasteiger partial charge in [-0.2, -0.15) is 5.10 Å². The Morgan fingerprint density at radius 2 is 2.38 bits per heavy atom. The Kier molecular flexibility index (Phi) is 2.11. The molecule has 0 saturated carbocycles. The number of nitrogens with two attached hydrogens (primary N) is 1. The first kappa shape index (κ1) is 9.35. The average molecular weight is 216 g/mol. The number of aromatic amines is 1. The molecule has 82 valence electrons. The summed E-state index contributed by atoms with van der Waals surface area (Å²) in [6.07, 6.45) is 2.41. The molecule has 0 radical (unpaired) electrons. The summed E-state index contributed by atoms with van der Waals surface area (Å²) in [5.74, 6) is 1.65. The largest absolute Gasteiger partial charge is 0.493 e. The van der Waals surface area contributed by atoms with Crippen molar-refractivity contribution in [2.24, 2.45) is 5.73 Å². The fraction of sp³-hybridized carbons (Fsp3) is 0.273. The van der Waals surface area contributed by atoms with Gasteiger partial charge < -0.3 is 10.5 Å². The molecule has 0 saturated heterocycles. The number of aromatic nitrogens is 3. The third-order valence-corrected chi connectivity index (χ3v) is 2.80. The Morgan fingerprint density at radius 3 is 3.19 bits per heavy atom. The normalized spacial score (nSPS) is 15.6. The first-order valence-electron chi connectivity index (χ1n) is 5.21. The summed E-state index contributed by atoms with van der Waals surface area (Å²) in [6.45, 7) is 0.760. The summed E-state index contributed by atoms with van der Waals surface area (Å²) in [4.78, 5) is 4.06. The van der Waals surface area contributed by atoms with E-state index in [2.05, 4.69) is 21.2 Å². The number of benzene rings is 1. The number of fused-ring (bicyclic) bond motifs is 1. The predicted molar refractivity (Wildman–Crippen MR) is 58.1 cm³/mol. The molecule has 1 aromatic carbocycles. The summed E-state index contributed by atoms with van der Waals surface area (Å²) in [6, 6.07) is 5.76. The SMILES string of the molecule is NC(c1ccc2c(c1)CCO2)c1ncn[nH]1. The first-order valence-corrected chi connectivity index (χ1v) is 5.21. The van der Waals surface area contributed by atoms with Crippen LogP contribution < -0.4 is 10.5 Å². The van der Waals surface area contributed by atoms with Crippen LogP contribution in [-0.4, -0.2) is 21.8 Å². The number of hydrogen-bond acceptors (Lipinski definition) is 4. The minimum Gasteiger partial charge on any atom is -0.493 e. The van der Waals surface area contributed by atoms with Crippen LogP contribution in [0, 0.1) is 0 Å². The maximum Gasteiger partial charge on any atom is 0.145 e. The molecule has 0 amide bonds. The van der Waals surface area contributed by atoms with Crippen molar-refractivity contribution in [3.63, 3.8) is 0 Å². The van der Waals surface area contributed by atoms with Crippen molar-refractivity contribution in [2.75, 3.05) is 6.61 Å². The van der Waals surface area contributed by atoms with Crippen molar-refractivity contribution >= 4 is 0 Å². The standard InChI is InChI=1S/C11H12N4O/c12-10(11-13-6-14-15-11)8-1-2-9-7(5-8)3-4-16-9/h1-2,5-6,10H,3-4,12H2,(H,13,14,15). The molecule has 0 spiro atoms. The Morgan fingerprint density at radius 1 is 1.44 bits per heavy atom. The van der Waals surface area contributed by atoms with Crippen LogP contribution in [0.25, 0.3) is 0 Å². The van der Waals surface area contributed by atoms with Crippen molar-refractivity contribution in [3.05, 3.63) is 41.5 Å². The molecule has 0 fully saturated rings.